The van der Waals surface area contributed by atoms with Crippen molar-refractivity contribution < 1.29 is 24.2 Å². The number of hydrazine groups is 1. The second-order valence-electron chi connectivity index (χ2n) is 4.25. The summed E-state index contributed by atoms with van der Waals surface area (Å²) < 4.78 is 10.2. The van der Waals surface area contributed by atoms with Crippen LogP contribution < -0.4 is 25.6 Å². The van der Waals surface area contributed by atoms with E-state index < -0.39 is 18.0 Å². The first-order chi connectivity index (χ1) is 9.96. The lowest BCUT2D eigenvalue weighted by Crippen LogP contribution is -2.44. The summed E-state index contributed by atoms with van der Waals surface area (Å²) in [6.07, 6.45) is -0.878. The average Bonchev–Trinajstić information content (AvgIpc) is 2.44. The van der Waals surface area contributed by atoms with Crippen molar-refractivity contribution in [3.8, 4) is 11.5 Å². The van der Waals surface area contributed by atoms with E-state index in [1.165, 1.54) is 21.1 Å². The molecule has 116 valence electrons. The minimum Gasteiger partial charge on any atom is -0.493 e. The molecular weight excluding hydrogens is 278 g/mol. The molecule has 0 heterocycles. The van der Waals surface area contributed by atoms with Gasteiger partial charge < -0.3 is 19.9 Å². The van der Waals surface area contributed by atoms with Crippen LogP contribution in [0.3, 0.4) is 0 Å². The molecule has 0 spiro atoms. The summed E-state index contributed by atoms with van der Waals surface area (Å²) in [5.41, 5.74) is 4.81. The first-order valence-electron chi connectivity index (χ1n) is 6.22. The van der Waals surface area contributed by atoms with Gasteiger partial charge in [-0.3, -0.25) is 10.2 Å². The Bertz CT molecular complexity index is 505. The molecule has 0 saturated carbocycles. The third-order valence-corrected chi connectivity index (χ3v) is 2.44. The van der Waals surface area contributed by atoms with Crippen LogP contribution in [0.15, 0.2) is 18.2 Å². The summed E-state index contributed by atoms with van der Waals surface area (Å²) >= 11 is 0. The predicted molar refractivity (Wildman–Crippen MR) is 76.1 cm³/mol. The maximum absolute atomic E-state index is 11.6. The van der Waals surface area contributed by atoms with E-state index in [1.54, 1.807) is 18.2 Å². The van der Waals surface area contributed by atoms with Gasteiger partial charge in [-0.15, -0.1) is 0 Å². The van der Waals surface area contributed by atoms with Crippen LogP contribution in [0.4, 0.5) is 10.5 Å². The normalized spacial score (nSPS) is 11.2. The van der Waals surface area contributed by atoms with Crippen molar-refractivity contribution in [1.82, 2.24) is 10.9 Å². The van der Waals surface area contributed by atoms with E-state index in [9.17, 15) is 9.59 Å². The van der Waals surface area contributed by atoms with Crippen LogP contribution in [-0.2, 0) is 4.79 Å². The predicted octanol–water partition coefficient (Wildman–Crippen LogP) is 0.627. The van der Waals surface area contributed by atoms with E-state index in [0.717, 1.165) is 0 Å². The van der Waals surface area contributed by atoms with Gasteiger partial charge in [0.25, 0.3) is 0 Å². The Kier molecular flexibility index (Phi) is 6.28. The number of hydrogen-bond acceptors (Lipinski definition) is 5. The van der Waals surface area contributed by atoms with Gasteiger partial charge in [0.2, 0.25) is 5.91 Å². The first-order valence-corrected chi connectivity index (χ1v) is 6.22. The maximum atomic E-state index is 11.6. The number of urea groups is 1. The zero-order chi connectivity index (χ0) is 15.8. The fourth-order valence-electron chi connectivity index (χ4n) is 1.52. The molecule has 1 aromatic carbocycles. The largest absolute Gasteiger partial charge is 0.493 e. The summed E-state index contributed by atoms with van der Waals surface area (Å²) in [6, 6.07) is 4.22. The number of aliphatic hydroxyl groups is 1. The number of aliphatic hydroxyl groups excluding tert-OH is 1. The molecule has 4 N–H and O–H groups in total. The summed E-state index contributed by atoms with van der Waals surface area (Å²) in [6.45, 7) is 1.48. The smallest absolute Gasteiger partial charge is 0.337 e. The molecule has 8 nitrogen and oxygen atoms in total. The zero-order valence-corrected chi connectivity index (χ0v) is 12.1. The van der Waals surface area contributed by atoms with E-state index in [1.807, 2.05) is 0 Å². The van der Waals surface area contributed by atoms with Crippen molar-refractivity contribution in [2.75, 3.05) is 19.5 Å². The van der Waals surface area contributed by atoms with Crippen LogP contribution in [-0.4, -0.2) is 37.4 Å². The number of rotatable bonds is 5. The maximum Gasteiger partial charge on any atom is 0.337 e. The summed E-state index contributed by atoms with van der Waals surface area (Å²) in [5, 5.41) is 11.5. The van der Waals surface area contributed by atoms with Crippen molar-refractivity contribution in [2.45, 2.75) is 19.4 Å². The van der Waals surface area contributed by atoms with Crippen LogP contribution in [0.1, 0.15) is 13.3 Å². The van der Waals surface area contributed by atoms with Crippen LogP contribution in [0.25, 0.3) is 0 Å². The van der Waals surface area contributed by atoms with Crippen LogP contribution in [0.2, 0.25) is 0 Å². The quantitative estimate of drug-likeness (QED) is 0.596. The molecule has 0 saturated heterocycles. The fraction of sp³-hybridized carbons (Fsp3) is 0.385. The summed E-state index contributed by atoms with van der Waals surface area (Å²) in [7, 11) is 2.99. The molecule has 3 amide bonds. The second-order valence-corrected chi connectivity index (χ2v) is 4.25. The van der Waals surface area contributed by atoms with Gasteiger partial charge in [0.15, 0.2) is 11.5 Å². The minimum absolute atomic E-state index is 0.101. The van der Waals surface area contributed by atoms with Crippen LogP contribution >= 0.6 is 0 Å². The molecule has 0 radical (unpaired) electrons. The highest BCUT2D eigenvalue weighted by atomic mass is 16.5. The van der Waals surface area contributed by atoms with Crippen LogP contribution in [0, 0.1) is 0 Å². The number of carbonyl (C=O) groups is 2. The van der Waals surface area contributed by atoms with E-state index in [2.05, 4.69) is 16.2 Å². The molecule has 0 aromatic heterocycles. The number of anilines is 1. The number of hydrogen-bond donors (Lipinski definition) is 4. The van der Waals surface area contributed by atoms with E-state index in [4.69, 9.17) is 14.6 Å². The van der Waals surface area contributed by atoms with E-state index in [0.29, 0.717) is 17.2 Å². The van der Waals surface area contributed by atoms with Crippen molar-refractivity contribution in [2.24, 2.45) is 0 Å². The number of amides is 3. The third kappa shape index (κ3) is 5.57. The van der Waals surface area contributed by atoms with Crippen LogP contribution in [0.5, 0.6) is 11.5 Å². The molecule has 0 fully saturated rings. The van der Waals surface area contributed by atoms with Gasteiger partial charge in [0, 0.05) is 11.8 Å². The molecule has 1 unspecified atom stereocenters. The molecule has 0 aliphatic heterocycles. The molecule has 21 heavy (non-hydrogen) atoms. The number of methoxy groups -OCH3 is 2. The third-order valence-electron chi connectivity index (χ3n) is 2.44. The second kappa shape index (κ2) is 7.95. The van der Waals surface area contributed by atoms with Gasteiger partial charge in [-0.2, -0.15) is 0 Å². The van der Waals surface area contributed by atoms with Crippen molar-refractivity contribution in [1.29, 1.82) is 0 Å². The Morgan fingerprint density at radius 3 is 2.43 bits per heavy atom. The Hall–Kier alpha value is -2.48. The van der Waals surface area contributed by atoms with Crippen molar-refractivity contribution in [3.63, 3.8) is 0 Å². The molecule has 1 atom stereocenters. The topological polar surface area (TPSA) is 109 Å². The molecule has 0 aliphatic carbocycles. The number of ether oxygens (including phenoxy) is 2. The first kappa shape index (κ1) is 16.6. The summed E-state index contributed by atoms with van der Waals surface area (Å²) in [5.74, 6) is 0.509. The van der Waals surface area contributed by atoms with Gasteiger partial charge >= 0.3 is 6.03 Å². The van der Waals surface area contributed by atoms with Gasteiger partial charge in [-0.1, -0.05) is 0 Å². The summed E-state index contributed by atoms with van der Waals surface area (Å²) in [4.78, 5) is 22.8. The Morgan fingerprint density at radius 1 is 1.19 bits per heavy atom. The standard InChI is InChI=1S/C13H19N3O5/c1-8(17)6-12(18)15-16-13(19)14-9-4-5-10(20-2)11(7-9)21-3/h4-5,7-8,17H,6H2,1-3H3,(H,15,18)(H2,14,16,19). The Morgan fingerprint density at radius 2 is 1.86 bits per heavy atom. The van der Waals surface area contributed by atoms with Gasteiger partial charge in [-0.25, -0.2) is 10.2 Å². The highest BCUT2D eigenvalue weighted by Gasteiger charge is 2.09. The fourth-order valence-corrected chi connectivity index (χ4v) is 1.52. The average molecular weight is 297 g/mol. The SMILES string of the molecule is COc1ccc(NC(=O)NNC(=O)CC(C)O)cc1OC. The van der Waals surface area contributed by atoms with Crippen molar-refractivity contribution in [3.05, 3.63) is 18.2 Å². The lowest BCUT2D eigenvalue weighted by molar-refractivity contribution is -0.123. The zero-order valence-electron chi connectivity index (χ0n) is 12.1. The molecular formula is C13H19N3O5. The molecule has 1 rings (SSSR count). The molecule has 0 bridgehead atoms. The lowest BCUT2D eigenvalue weighted by atomic mass is 10.3. The lowest BCUT2D eigenvalue weighted by Gasteiger charge is -2.12. The monoisotopic (exact) mass is 297 g/mol. The van der Waals surface area contributed by atoms with E-state index in [-0.39, 0.29) is 6.42 Å². The van der Waals surface area contributed by atoms with Gasteiger partial charge in [0.1, 0.15) is 0 Å². The molecule has 8 heteroatoms. The Balaban J connectivity index is 2.53. The number of carbonyl (C=O) groups excluding carboxylic acids is 2. The highest BCUT2D eigenvalue weighted by Crippen LogP contribution is 2.29. The Labute approximate surface area is 122 Å². The number of benzene rings is 1. The van der Waals surface area contributed by atoms with Crippen molar-refractivity contribution >= 4 is 17.6 Å². The van der Waals surface area contributed by atoms with E-state index >= 15 is 0 Å². The minimum atomic E-state index is -0.777. The van der Waals surface area contributed by atoms with Gasteiger partial charge in [0.05, 0.1) is 26.7 Å². The number of nitrogens with one attached hydrogen (secondary N) is 3. The highest BCUT2D eigenvalue weighted by molar-refractivity contribution is 5.91. The molecule has 0 aliphatic rings. The molecule has 1 aromatic rings. The van der Waals surface area contributed by atoms with Gasteiger partial charge in [-0.05, 0) is 19.1 Å².